The fraction of sp³-hybridized carbons (Fsp3) is 0.375. The van der Waals surface area contributed by atoms with Crippen molar-refractivity contribution in [2.75, 3.05) is 19.6 Å². The van der Waals surface area contributed by atoms with E-state index in [1.807, 2.05) is 30.3 Å². The van der Waals surface area contributed by atoms with Gasteiger partial charge in [0.15, 0.2) is 0 Å². The van der Waals surface area contributed by atoms with Crippen molar-refractivity contribution in [3.05, 3.63) is 48.3 Å². The van der Waals surface area contributed by atoms with Crippen molar-refractivity contribution in [1.29, 1.82) is 0 Å². The lowest BCUT2D eigenvalue weighted by atomic mass is 10.00. The second-order valence-electron chi connectivity index (χ2n) is 5.43. The smallest absolute Gasteiger partial charge is 0.254 e. The molecule has 1 unspecified atom stereocenters. The van der Waals surface area contributed by atoms with Crippen LogP contribution >= 0.6 is 0 Å². The van der Waals surface area contributed by atoms with Gasteiger partial charge in [0.05, 0.1) is 17.4 Å². The summed E-state index contributed by atoms with van der Waals surface area (Å²) in [6.45, 7) is 2.81. The Kier molecular flexibility index (Phi) is 4.31. The van der Waals surface area contributed by atoms with Gasteiger partial charge in [-0.15, -0.1) is 0 Å². The number of amides is 1. The number of piperidine rings is 1. The molecule has 2 aromatic rings. The molecule has 1 fully saturated rings. The van der Waals surface area contributed by atoms with Crippen LogP contribution in [0.5, 0.6) is 0 Å². The Morgan fingerprint density at radius 3 is 3.00 bits per heavy atom. The second kappa shape index (κ2) is 6.54. The Labute approximate surface area is 124 Å². The minimum Gasteiger partial charge on any atom is -0.352 e. The SMILES string of the molecule is O=C(NCC1CCCNC1)c1cnn(-c2ccccc2)c1. The van der Waals surface area contributed by atoms with Crippen LogP contribution in [0, 0.1) is 5.92 Å². The average Bonchev–Trinajstić information content (AvgIpc) is 3.04. The van der Waals surface area contributed by atoms with E-state index in [2.05, 4.69) is 15.7 Å². The summed E-state index contributed by atoms with van der Waals surface area (Å²) >= 11 is 0. The van der Waals surface area contributed by atoms with Crippen LogP contribution in [0.4, 0.5) is 0 Å². The third kappa shape index (κ3) is 3.49. The highest BCUT2D eigenvalue weighted by Gasteiger charge is 2.15. The zero-order valence-corrected chi connectivity index (χ0v) is 12.0. The molecule has 110 valence electrons. The first-order valence-corrected chi connectivity index (χ1v) is 7.42. The molecule has 1 saturated heterocycles. The van der Waals surface area contributed by atoms with Gasteiger partial charge in [0.1, 0.15) is 0 Å². The highest BCUT2D eigenvalue weighted by Crippen LogP contribution is 2.10. The maximum atomic E-state index is 12.1. The fourth-order valence-electron chi connectivity index (χ4n) is 2.60. The minimum atomic E-state index is -0.0530. The lowest BCUT2D eigenvalue weighted by Gasteiger charge is -2.22. The zero-order valence-electron chi connectivity index (χ0n) is 12.0. The third-order valence-electron chi connectivity index (χ3n) is 3.82. The molecular weight excluding hydrogens is 264 g/mol. The Bertz CT molecular complexity index is 587. The van der Waals surface area contributed by atoms with Crippen molar-refractivity contribution in [2.45, 2.75) is 12.8 Å². The molecule has 0 spiro atoms. The van der Waals surface area contributed by atoms with Crippen molar-refractivity contribution < 1.29 is 4.79 Å². The summed E-state index contributed by atoms with van der Waals surface area (Å²) < 4.78 is 1.72. The first-order chi connectivity index (χ1) is 10.3. The van der Waals surface area contributed by atoms with Gasteiger partial charge < -0.3 is 10.6 Å². The van der Waals surface area contributed by atoms with E-state index in [4.69, 9.17) is 0 Å². The van der Waals surface area contributed by atoms with Gasteiger partial charge in [-0.3, -0.25) is 4.79 Å². The molecule has 0 radical (unpaired) electrons. The summed E-state index contributed by atoms with van der Waals surface area (Å²) in [4.78, 5) is 12.1. The molecule has 1 aromatic carbocycles. The standard InChI is InChI=1S/C16H20N4O/c21-16(18-10-13-5-4-8-17-9-13)14-11-19-20(12-14)15-6-2-1-3-7-15/h1-3,6-7,11-13,17H,4-5,8-10H2,(H,18,21). The number of para-hydroxylation sites is 1. The quantitative estimate of drug-likeness (QED) is 0.896. The van der Waals surface area contributed by atoms with Crippen molar-refractivity contribution in [3.8, 4) is 5.69 Å². The van der Waals surface area contributed by atoms with E-state index in [9.17, 15) is 4.79 Å². The average molecular weight is 284 g/mol. The number of hydrogen-bond acceptors (Lipinski definition) is 3. The van der Waals surface area contributed by atoms with Crippen LogP contribution in [0.15, 0.2) is 42.7 Å². The van der Waals surface area contributed by atoms with E-state index in [-0.39, 0.29) is 5.91 Å². The number of hydrogen-bond donors (Lipinski definition) is 2. The van der Waals surface area contributed by atoms with E-state index in [1.54, 1.807) is 17.1 Å². The third-order valence-corrected chi connectivity index (χ3v) is 3.82. The molecule has 1 atom stereocenters. The molecule has 5 heteroatoms. The van der Waals surface area contributed by atoms with E-state index in [0.717, 1.165) is 25.3 Å². The molecule has 1 aliphatic rings. The molecule has 1 aromatic heterocycles. The Hall–Kier alpha value is -2.14. The van der Waals surface area contributed by atoms with Gasteiger partial charge in [0.25, 0.3) is 5.91 Å². The molecule has 2 N–H and O–H groups in total. The van der Waals surface area contributed by atoms with Crippen LogP contribution in [0.25, 0.3) is 5.69 Å². The summed E-state index contributed by atoms with van der Waals surface area (Å²) in [5.41, 5.74) is 1.55. The zero-order chi connectivity index (χ0) is 14.5. The summed E-state index contributed by atoms with van der Waals surface area (Å²) in [6.07, 6.45) is 5.74. The highest BCUT2D eigenvalue weighted by molar-refractivity contribution is 5.93. The lowest BCUT2D eigenvalue weighted by Crippen LogP contribution is -2.38. The first-order valence-electron chi connectivity index (χ1n) is 7.42. The van der Waals surface area contributed by atoms with E-state index in [0.29, 0.717) is 11.5 Å². The molecule has 0 aliphatic carbocycles. The van der Waals surface area contributed by atoms with E-state index >= 15 is 0 Å². The lowest BCUT2D eigenvalue weighted by molar-refractivity contribution is 0.0945. The maximum absolute atomic E-state index is 12.1. The van der Waals surface area contributed by atoms with Crippen LogP contribution in [0.3, 0.4) is 0 Å². The van der Waals surface area contributed by atoms with Crippen molar-refractivity contribution >= 4 is 5.91 Å². The predicted molar refractivity (Wildman–Crippen MR) is 81.5 cm³/mol. The molecule has 1 aliphatic heterocycles. The van der Waals surface area contributed by atoms with Crippen LogP contribution in [0.1, 0.15) is 23.2 Å². The largest absolute Gasteiger partial charge is 0.352 e. The van der Waals surface area contributed by atoms with Gasteiger partial charge in [-0.1, -0.05) is 18.2 Å². The van der Waals surface area contributed by atoms with Gasteiger partial charge in [0.2, 0.25) is 0 Å². The van der Waals surface area contributed by atoms with Crippen LogP contribution in [0.2, 0.25) is 0 Å². The Morgan fingerprint density at radius 1 is 1.38 bits per heavy atom. The van der Waals surface area contributed by atoms with E-state index < -0.39 is 0 Å². The summed E-state index contributed by atoms with van der Waals surface area (Å²) in [5, 5.41) is 10.6. The number of nitrogens with zero attached hydrogens (tertiary/aromatic N) is 2. The number of carbonyl (C=O) groups is 1. The molecule has 5 nitrogen and oxygen atoms in total. The van der Waals surface area contributed by atoms with E-state index in [1.165, 1.54) is 12.8 Å². The van der Waals surface area contributed by atoms with Crippen molar-refractivity contribution in [1.82, 2.24) is 20.4 Å². The Morgan fingerprint density at radius 2 is 2.24 bits per heavy atom. The molecule has 0 bridgehead atoms. The number of carbonyl (C=O) groups excluding carboxylic acids is 1. The molecule has 0 saturated carbocycles. The molecule has 3 rings (SSSR count). The second-order valence-corrected chi connectivity index (χ2v) is 5.43. The minimum absolute atomic E-state index is 0.0530. The van der Waals surface area contributed by atoms with Gasteiger partial charge in [0, 0.05) is 12.7 Å². The molecular formula is C16H20N4O. The first kappa shape index (κ1) is 13.8. The number of rotatable bonds is 4. The summed E-state index contributed by atoms with van der Waals surface area (Å²) in [6, 6.07) is 9.78. The van der Waals surface area contributed by atoms with Gasteiger partial charge in [-0.2, -0.15) is 5.10 Å². The van der Waals surface area contributed by atoms with Crippen LogP contribution in [-0.4, -0.2) is 35.3 Å². The molecule has 21 heavy (non-hydrogen) atoms. The van der Waals surface area contributed by atoms with Crippen molar-refractivity contribution in [3.63, 3.8) is 0 Å². The highest BCUT2D eigenvalue weighted by atomic mass is 16.1. The number of nitrogens with one attached hydrogen (secondary N) is 2. The number of benzene rings is 1. The Balaban J connectivity index is 1.59. The van der Waals surface area contributed by atoms with Gasteiger partial charge in [-0.05, 0) is 44.0 Å². The van der Waals surface area contributed by atoms with Crippen molar-refractivity contribution in [2.24, 2.45) is 5.92 Å². The number of aromatic nitrogens is 2. The van der Waals surface area contributed by atoms with Gasteiger partial charge in [-0.25, -0.2) is 4.68 Å². The predicted octanol–water partition coefficient (Wildman–Crippen LogP) is 1.60. The normalized spacial score (nSPS) is 18.4. The summed E-state index contributed by atoms with van der Waals surface area (Å²) in [7, 11) is 0. The monoisotopic (exact) mass is 284 g/mol. The maximum Gasteiger partial charge on any atom is 0.254 e. The van der Waals surface area contributed by atoms with Crippen LogP contribution < -0.4 is 10.6 Å². The topological polar surface area (TPSA) is 59.0 Å². The van der Waals surface area contributed by atoms with Crippen LogP contribution in [-0.2, 0) is 0 Å². The van der Waals surface area contributed by atoms with Gasteiger partial charge >= 0.3 is 0 Å². The fourth-order valence-corrected chi connectivity index (χ4v) is 2.60. The molecule has 2 heterocycles. The molecule has 1 amide bonds. The summed E-state index contributed by atoms with van der Waals surface area (Å²) in [5.74, 6) is 0.481.